The van der Waals surface area contributed by atoms with Crippen molar-refractivity contribution in [3.05, 3.63) is 22.1 Å². The molecule has 0 aliphatic rings. The Morgan fingerprint density at radius 3 is 2.92 bits per heavy atom. The molecule has 1 aromatic rings. The molecule has 0 fully saturated rings. The second-order valence-electron chi connectivity index (χ2n) is 2.19. The first-order chi connectivity index (χ1) is 5.59. The normalized spacial score (nSPS) is 9.67. The van der Waals surface area contributed by atoms with E-state index in [1.165, 1.54) is 0 Å². The molecule has 0 aromatic carbocycles. The Hall–Kier alpha value is -1.85. The lowest BCUT2D eigenvalue weighted by atomic mass is 10.2. The van der Waals surface area contributed by atoms with E-state index < -0.39 is 11.5 Å². The van der Waals surface area contributed by atoms with Crippen molar-refractivity contribution in [2.75, 3.05) is 5.73 Å². The second kappa shape index (κ2) is 3.04. The first-order valence-electron chi connectivity index (χ1n) is 3.15. The van der Waals surface area contributed by atoms with Crippen LogP contribution < -0.4 is 11.3 Å². The zero-order valence-corrected chi connectivity index (χ0v) is 6.07. The van der Waals surface area contributed by atoms with Crippen molar-refractivity contribution in [1.29, 1.82) is 0 Å². The SMILES string of the molecule is Nc1ncc(CC(=O)O)c(=O)[nH]1. The number of carbonyl (C=O) groups is 1. The van der Waals surface area contributed by atoms with Crippen LogP contribution in [0.5, 0.6) is 0 Å². The fourth-order valence-electron chi connectivity index (χ4n) is 0.724. The molecule has 64 valence electrons. The van der Waals surface area contributed by atoms with E-state index in [2.05, 4.69) is 9.97 Å². The highest BCUT2D eigenvalue weighted by Gasteiger charge is 2.05. The average molecular weight is 169 g/mol. The molecule has 0 amide bonds. The molecule has 0 radical (unpaired) electrons. The Kier molecular flexibility index (Phi) is 2.09. The molecule has 0 atom stereocenters. The van der Waals surface area contributed by atoms with Crippen LogP contribution in [0.3, 0.4) is 0 Å². The van der Waals surface area contributed by atoms with E-state index in [0.717, 1.165) is 6.20 Å². The van der Waals surface area contributed by atoms with E-state index in [1.807, 2.05) is 0 Å². The summed E-state index contributed by atoms with van der Waals surface area (Å²) in [5, 5.41) is 8.35. The van der Waals surface area contributed by atoms with Crippen LogP contribution in [0.2, 0.25) is 0 Å². The van der Waals surface area contributed by atoms with Gasteiger partial charge in [0.15, 0.2) is 5.95 Å². The summed E-state index contributed by atoms with van der Waals surface area (Å²) in [6.07, 6.45) is 0.810. The number of carboxylic acids is 1. The number of aromatic nitrogens is 2. The maximum atomic E-state index is 10.9. The van der Waals surface area contributed by atoms with Gasteiger partial charge in [-0.1, -0.05) is 0 Å². The minimum Gasteiger partial charge on any atom is -0.481 e. The second-order valence-corrected chi connectivity index (χ2v) is 2.19. The first kappa shape index (κ1) is 8.25. The monoisotopic (exact) mass is 169 g/mol. The van der Waals surface area contributed by atoms with E-state index in [4.69, 9.17) is 10.8 Å². The molecule has 0 saturated carbocycles. The third kappa shape index (κ3) is 1.82. The van der Waals surface area contributed by atoms with Crippen LogP contribution >= 0.6 is 0 Å². The maximum Gasteiger partial charge on any atom is 0.308 e. The van der Waals surface area contributed by atoms with Gasteiger partial charge in [-0.2, -0.15) is 0 Å². The van der Waals surface area contributed by atoms with Crippen molar-refractivity contribution in [3.63, 3.8) is 0 Å². The maximum absolute atomic E-state index is 10.9. The summed E-state index contributed by atoms with van der Waals surface area (Å²) in [6, 6.07) is 0. The number of nitrogen functional groups attached to an aromatic ring is 1. The summed E-state index contributed by atoms with van der Waals surface area (Å²) in [7, 11) is 0. The van der Waals surface area contributed by atoms with Crippen molar-refractivity contribution in [2.45, 2.75) is 6.42 Å². The Balaban J connectivity index is 3.02. The molecular weight excluding hydrogens is 162 g/mol. The van der Waals surface area contributed by atoms with Gasteiger partial charge < -0.3 is 10.8 Å². The predicted octanol–water partition coefficient (Wildman–Crippen LogP) is -1.02. The number of aliphatic carboxylic acids is 1. The number of carboxylic acid groups (broad SMARTS) is 1. The van der Waals surface area contributed by atoms with Crippen LogP contribution in [-0.4, -0.2) is 21.0 Å². The first-order valence-corrected chi connectivity index (χ1v) is 3.15. The smallest absolute Gasteiger partial charge is 0.308 e. The zero-order chi connectivity index (χ0) is 9.14. The Bertz CT molecular complexity index is 357. The lowest BCUT2D eigenvalue weighted by Gasteiger charge is -1.95. The number of hydrogen-bond donors (Lipinski definition) is 3. The molecule has 0 aliphatic heterocycles. The average Bonchev–Trinajstić information content (AvgIpc) is 1.94. The lowest BCUT2D eigenvalue weighted by Crippen LogP contribution is -2.18. The van der Waals surface area contributed by atoms with Crippen LogP contribution in [-0.2, 0) is 11.2 Å². The number of aromatic amines is 1. The highest BCUT2D eigenvalue weighted by atomic mass is 16.4. The molecule has 6 heteroatoms. The number of anilines is 1. The van der Waals surface area contributed by atoms with Gasteiger partial charge in [0.05, 0.1) is 6.42 Å². The van der Waals surface area contributed by atoms with Crippen molar-refractivity contribution in [2.24, 2.45) is 0 Å². The number of nitrogens with zero attached hydrogens (tertiary/aromatic N) is 1. The summed E-state index contributed by atoms with van der Waals surface area (Å²) in [5.41, 5.74) is 4.73. The van der Waals surface area contributed by atoms with Gasteiger partial charge in [-0.25, -0.2) is 4.98 Å². The molecule has 0 saturated heterocycles. The molecule has 0 spiro atoms. The Labute approximate surface area is 67.1 Å². The summed E-state index contributed by atoms with van der Waals surface area (Å²) in [5.74, 6) is -1.10. The van der Waals surface area contributed by atoms with Gasteiger partial charge in [0.25, 0.3) is 5.56 Å². The molecule has 6 nitrogen and oxygen atoms in total. The molecular formula is C6H7N3O3. The summed E-state index contributed by atoms with van der Waals surface area (Å²) < 4.78 is 0. The molecule has 4 N–H and O–H groups in total. The molecule has 12 heavy (non-hydrogen) atoms. The van der Waals surface area contributed by atoms with Crippen molar-refractivity contribution >= 4 is 11.9 Å². The van der Waals surface area contributed by atoms with E-state index >= 15 is 0 Å². The third-order valence-electron chi connectivity index (χ3n) is 1.23. The predicted molar refractivity (Wildman–Crippen MR) is 40.6 cm³/mol. The number of H-pyrrole nitrogens is 1. The lowest BCUT2D eigenvalue weighted by molar-refractivity contribution is -0.136. The van der Waals surface area contributed by atoms with Gasteiger partial charge in [0, 0.05) is 11.8 Å². The van der Waals surface area contributed by atoms with Crippen LogP contribution in [0.4, 0.5) is 5.95 Å². The molecule has 0 aliphatic carbocycles. The fourth-order valence-corrected chi connectivity index (χ4v) is 0.724. The molecule has 0 bridgehead atoms. The van der Waals surface area contributed by atoms with E-state index in [-0.39, 0.29) is 17.9 Å². The van der Waals surface area contributed by atoms with E-state index in [1.54, 1.807) is 0 Å². The van der Waals surface area contributed by atoms with Gasteiger partial charge in [-0.15, -0.1) is 0 Å². The molecule has 1 rings (SSSR count). The van der Waals surface area contributed by atoms with Crippen LogP contribution in [0.15, 0.2) is 11.0 Å². The van der Waals surface area contributed by atoms with Gasteiger partial charge in [0.2, 0.25) is 0 Å². The largest absolute Gasteiger partial charge is 0.481 e. The van der Waals surface area contributed by atoms with Gasteiger partial charge in [-0.05, 0) is 0 Å². The summed E-state index contributed by atoms with van der Waals surface area (Å²) >= 11 is 0. The Morgan fingerprint density at radius 1 is 1.75 bits per heavy atom. The highest BCUT2D eigenvalue weighted by Crippen LogP contribution is 1.91. The Morgan fingerprint density at radius 2 is 2.42 bits per heavy atom. The van der Waals surface area contributed by atoms with Gasteiger partial charge in [-0.3, -0.25) is 14.6 Å². The number of nitrogens with two attached hydrogens (primary N) is 1. The third-order valence-corrected chi connectivity index (χ3v) is 1.23. The topological polar surface area (TPSA) is 109 Å². The zero-order valence-electron chi connectivity index (χ0n) is 6.07. The molecule has 0 unspecified atom stereocenters. The molecule has 1 aromatic heterocycles. The standard InChI is InChI=1S/C6H7N3O3/c7-6-8-2-3(1-4(10)11)5(12)9-6/h2H,1H2,(H,10,11)(H3,7,8,9,12). The van der Waals surface area contributed by atoms with Crippen molar-refractivity contribution in [1.82, 2.24) is 9.97 Å². The summed E-state index contributed by atoms with van der Waals surface area (Å²) in [4.78, 5) is 26.9. The fraction of sp³-hybridized carbons (Fsp3) is 0.167. The highest BCUT2D eigenvalue weighted by molar-refractivity contribution is 5.69. The van der Waals surface area contributed by atoms with Gasteiger partial charge in [0.1, 0.15) is 0 Å². The number of hydrogen-bond acceptors (Lipinski definition) is 4. The van der Waals surface area contributed by atoms with Gasteiger partial charge >= 0.3 is 5.97 Å². The van der Waals surface area contributed by atoms with Crippen molar-refractivity contribution in [3.8, 4) is 0 Å². The minimum atomic E-state index is -1.08. The van der Waals surface area contributed by atoms with Crippen LogP contribution in [0, 0.1) is 0 Å². The quantitative estimate of drug-likeness (QED) is 0.525. The molecule has 1 heterocycles. The van der Waals surface area contributed by atoms with E-state index in [0.29, 0.717) is 0 Å². The van der Waals surface area contributed by atoms with Crippen LogP contribution in [0.25, 0.3) is 0 Å². The minimum absolute atomic E-state index is 0.0193. The van der Waals surface area contributed by atoms with E-state index in [9.17, 15) is 9.59 Å². The van der Waals surface area contributed by atoms with Crippen LogP contribution in [0.1, 0.15) is 5.56 Å². The van der Waals surface area contributed by atoms with Crippen molar-refractivity contribution < 1.29 is 9.90 Å². The number of rotatable bonds is 2. The summed E-state index contributed by atoms with van der Waals surface area (Å²) in [6.45, 7) is 0. The number of nitrogens with one attached hydrogen (secondary N) is 1.